The molecule has 0 spiro atoms. The first-order valence-electron chi connectivity index (χ1n) is 8.91. The molecule has 0 aliphatic rings. The van der Waals surface area contributed by atoms with Crippen molar-refractivity contribution in [2.24, 2.45) is 4.99 Å². The molecule has 0 radical (unpaired) electrons. The predicted octanol–water partition coefficient (Wildman–Crippen LogP) is 4.67. The third-order valence-corrected chi connectivity index (χ3v) is 5.34. The Morgan fingerprint density at radius 2 is 2.04 bits per heavy atom. The first-order chi connectivity index (χ1) is 13.5. The van der Waals surface area contributed by atoms with Crippen molar-refractivity contribution in [2.45, 2.75) is 20.4 Å². The molecule has 0 aliphatic heterocycles. The van der Waals surface area contributed by atoms with Gasteiger partial charge in [-0.05, 0) is 50.2 Å². The van der Waals surface area contributed by atoms with Crippen LogP contribution in [0.1, 0.15) is 24.2 Å². The predicted molar refractivity (Wildman–Crippen MR) is 109 cm³/mol. The molecule has 1 aromatic heterocycles. The molecule has 5 nitrogen and oxygen atoms in total. The van der Waals surface area contributed by atoms with Crippen LogP contribution in [0.4, 0.5) is 4.39 Å². The number of halogens is 2. The van der Waals surface area contributed by atoms with Gasteiger partial charge in [-0.2, -0.15) is 4.99 Å². The van der Waals surface area contributed by atoms with Crippen molar-refractivity contribution in [3.8, 4) is 5.75 Å². The number of fused-ring (bicyclic) bond motifs is 1. The summed E-state index contributed by atoms with van der Waals surface area (Å²) in [7, 11) is 0. The van der Waals surface area contributed by atoms with Crippen molar-refractivity contribution in [1.29, 1.82) is 0 Å². The lowest BCUT2D eigenvalue weighted by Crippen LogP contribution is -2.19. The highest BCUT2D eigenvalue weighted by Crippen LogP contribution is 2.24. The van der Waals surface area contributed by atoms with E-state index in [1.807, 2.05) is 36.6 Å². The molecule has 0 unspecified atom stereocenters. The maximum absolute atomic E-state index is 13.3. The third kappa shape index (κ3) is 4.60. The van der Waals surface area contributed by atoms with Crippen LogP contribution < -0.4 is 9.54 Å². The molecule has 0 atom stereocenters. The number of aromatic nitrogens is 1. The number of amides is 1. The molecular weight excluding hydrogens is 403 g/mol. The van der Waals surface area contributed by atoms with Gasteiger partial charge in [0.2, 0.25) is 0 Å². The molecule has 148 valence electrons. The fourth-order valence-electron chi connectivity index (χ4n) is 2.72. The summed E-state index contributed by atoms with van der Waals surface area (Å²) in [6.45, 7) is 6.07. The number of benzene rings is 2. The molecule has 1 heterocycles. The van der Waals surface area contributed by atoms with E-state index in [0.717, 1.165) is 22.0 Å². The van der Waals surface area contributed by atoms with Gasteiger partial charge >= 0.3 is 0 Å². The second-order valence-electron chi connectivity index (χ2n) is 5.84. The van der Waals surface area contributed by atoms with Crippen LogP contribution in [0.5, 0.6) is 5.75 Å². The monoisotopic (exact) mass is 422 g/mol. The minimum absolute atomic E-state index is 0.0364. The molecule has 0 bridgehead atoms. The minimum Gasteiger partial charge on any atom is -0.494 e. The van der Waals surface area contributed by atoms with Crippen LogP contribution in [-0.4, -0.2) is 30.3 Å². The highest BCUT2D eigenvalue weighted by Gasteiger charge is 2.13. The lowest BCUT2D eigenvalue weighted by molar-refractivity contribution is 0.0996. The zero-order valence-corrected chi connectivity index (χ0v) is 17.1. The smallest absolute Gasteiger partial charge is 0.281 e. The zero-order chi connectivity index (χ0) is 20.1. The summed E-state index contributed by atoms with van der Waals surface area (Å²) < 4.78 is 27.2. The topological polar surface area (TPSA) is 52.8 Å². The Morgan fingerprint density at radius 3 is 2.75 bits per heavy atom. The van der Waals surface area contributed by atoms with Crippen molar-refractivity contribution in [3.63, 3.8) is 0 Å². The molecule has 0 fully saturated rings. The second-order valence-corrected chi connectivity index (χ2v) is 7.25. The quantitative estimate of drug-likeness (QED) is 0.520. The van der Waals surface area contributed by atoms with Crippen molar-refractivity contribution in [1.82, 2.24) is 4.57 Å². The van der Waals surface area contributed by atoms with Crippen LogP contribution in [0, 0.1) is 5.82 Å². The Balaban J connectivity index is 2.07. The summed E-state index contributed by atoms with van der Waals surface area (Å²) in [5.41, 5.74) is 1.09. The molecule has 3 rings (SSSR count). The van der Waals surface area contributed by atoms with Crippen LogP contribution >= 0.6 is 22.9 Å². The maximum atomic E-state index is 13.3. The minimum atomic E-state index is -0.522. The van der Waals surface area contributed by atoms with Gasteiger partial charge in [0.05, 0.1) is 34.0 Å². The van der Waals surface area contributed by atoms with Crippen LogP contribution in [-0.2, 0) is 11.3 Å². The molecule has 0 saturated carbocycles. The van der Waals surface area contributed by atoms with Gasteiger partial charge in [0.15, 0.2) is 4.80 Å². The number of ether oxygens (including phenoxy) is 2. The highest BCUT2D eigenvalue weighted by molar-refractivity contribution is 7.16. The Bertz CT molecular complexity index is 1060. The summed E-state index contributed by atoms with van der Waals surface area (Å²) in [6, 6.07) is 9.39. The lowest BCUT2D eigenvalue weighted by atomic mass is 10.2. The second kappa shape index (κ2) is 9.32. The van der Waals surface area contributed by atoms with Crippen molar-refractivity contribution < 1.29 is 18.7 Å². The summed E-state index contributed by atoms with van der Waals surface area (Å²) in [5.74, 6) is -0.266. The Kier molecular flexibility index (Phi) is 6.83. The molecule has 28 heavy (non-hydrogen) atoms. The standard InChI is InChI=1S/C20H20ClFN2O3S/c1-3-26-10-9-24-17-8-6-14(27-4-2)12-18(17)28-20(24)23-19(25)15-7-5-13(22)11-16(15)21/h5-8,11-12H,3-4,9-10H2,1-2H3. The number of carbonyl (C=O) groups is 1. The summed E-state index contributed by atoms with van der Waals surface area (Å²) in [5, 5.41) is 0.0364. The normalized spacial score (nSPS) is 11.9. The van der Waals surface area contributed by atoms with Crippen LogP contribution in [0.3, 0.4) is 0 Å². The fourth-order valence-corrected chi connectivity index (χ4v) is 4.05. The number of hydrogen-bond donors (Lipinski definition) is 0. The highest BCUT2D eigenvalue weighted by atomic mass is 35.5. The van der Waals surface area contributed by atoms with E-state index in [9.17, 15) is 9.18 Å². The first kappa shape index (κ1) is 20.5. The molecule has 0 N–H and O–H groups in total. The van der Waals surface area contributed by atoms with E-state index in [1.165, 1.54) is 23.5 Å². The van der Waals surface area contributed by atoms with E-state index < -0.39 is 11.7 Å². The fraction of sp³-hybridized carbons (Fsp3) is 0.300. The van der Waals surface area contributed by atoms with Crippen LogP contribution in [0.2, 0.25) is 5.02 Å². The van der Waals surface area contributed by atoms with Gasteiger partial charge in [0, 0.05) is 13.2 Å². The number of carbonyl (C=O) groups excluding carboxylic acids is 1. The molecule has 0 saturated heterocycles. The number of hydrogen-bond acceptors (Lipinski definition) is 4. The summed E-state index contributed by atoms with van der Waals surface area (Å²) in [6.07, 6.45) is 0. The molecule has 1 amide bonds. The Labute approximate surface area is 171 Å². The summed E-state index contributed by atoms with van der Waals surface area (Å²) in [4.78, 5) is 17.4. The van der Waals surface area contributed by atoms with E-state index in [-0.39, 0.29) is 10.6 Å². The molecule has 3 aromatic rings. The molecule has 2 aromatic carbocycles. The van der Waals surface area contributed by atoms with Gasteiger partial charge in [-0.15, -0.1) is 0 Å². The number of rotatable bonds is 7. The molecule has 8 heteroatoms. The maximum Gasteiger partial charge on any atom is 0.281 e. The number of thiazole rings is 1. The largest absolute Gasteiger partial charge is 0.494 e. The van der Waals surface area contributed by atoms with Gasteiger partial charge in [-0.25, -0.2) is 4.39 Å². The zero-order valence-electron chi connectivity index (χ0n) is 15.6. The van der Waals surface area contributed by atoms with E-state index >= 15 is 0 Å². The Hall–Kier alpha value is -2.22. The van der Waals surface area contributed by atoms with Crippen molar-refractivity contribution in [2.75, 3.05) is 19.8 Å². The van der Waals surface area contributed by atoms with Crippen LogP contribution in [0.25, 0.3) is 10.2 Å². The lowest BCUT2D eigenvalue weighted by Gasteiger charge is -2.06. The van der Waals surface area contributed by atoms with E-state index in [1.54, 1.807) is 0 Å². The molecule has 0 aliphatic carbocycles. The number of nitrogens with zero attached hydrogens (tertiary/aromatic N) is 2. The van der Waals surface area contributed by atoms with E-state index in [0.29, 0.717) is 31.2 Å². The SMILES string of the molecule is CCOCCn1c(=NC(=O)c2ccc(F)cc2Cl)sc2cc(OCC)ccc21. The Morgan fingerprint density at radius 1 is 1.21 bits per heavy atom. The van der Waals surface area contributed by atoms with Gasteiger partial charge < -0.3 is 14.0 Å². The average molecular weight is 423 g/mol. The van der Waals surface area contributed by atoms with Gasteiger partial charge in [-0.3, -0.25) is 4.79 Å². The van der Waals surface area contributed by atoms with Crippen molar-refractivity contribution >= 4 is 39.1 Å². The van der Waals surface area contributed by atoms with Crippen LogP contribution in [0.15, 0.2) is 41.4 Å². The van der Waals surface area contributed by atoms with Gasteiger partial charge in [-0.1, -0.05) is 22.9 Å². The van der Waals surface area contributed by atoms with E-state index in [4.69, 9.17) is 21.1 Å². The van der Waals surface area contributed by atoms with Gasteiger partial charge in [0.25, 0.3) is 5.91 Å². The first-order valence-corrected chi connectivity index (χ1v) is 10.1. The average Bonchev–Trinajstić information content (AvgIpc) is 2.98. The third-order valence-electron chi connectivity index (χ3n) is 3.99. The van der Waals surface area contributed by atoms with E-state index in [2.05, 4.69) is 4.99 Å². The summed E-state index contributed by atoms with van der Waals surface area (Å²) >= 11 is 7.38. The van der Waals surface area contributed by atoms with Crippen molar-refractivity contribution in [3.05, 3.63) is 57.6 Å². The molecular formula is C20H20ClFN2O3S. The van der Waals surface area contributed by atoms with Gasteiger partial charge in [0.1, 0.15) is 11.6 Å².